The number of likely N-dealkylation sites (N-methyl/N-ethyl adjacent to an activating group) is 1. The molecule has 2 saturated heterocycles. The van der Waals surface area contributed by atoms with Gasteiger partial charge in [0.15, 0.2) is 5.69 Å². The van der Waals surface area contributed by atoms with Gasteiger partial charge in [0.2, 0.25) is 0 Å². The molecular formula is C25H38N6O. The number of hydrogen-bond donors (Lipinski definition) is 0. The van der Waals surface area contributed by atoms with Gasteiger partial charge in [-0.3, -0.25) is 14.6 Å². The summed E-state index contributed by atoms with van der Waals surface area (Å²) in [7, 11) is 0. The van der Waals surface area contributed by atoms with Crippen molar-refractivity contribution in [2.45, 2.75) is 51.6 Å². The molecule has 0 atom stereocenters. The molecule has 1 aliphatic carbocycles. The quantitative estimate of drug-likeness (QED) is 0.718. The summed E-state index contributed by atoms with van der Waals surface area (Å²) in [4.78, 5) is 28.1. The van der Waals surface area contributed by atoms with Crippen LogP contribution in [0.15, 0.2) is 24.4 Å². The summed E-state index contributed by atoms with van der Waals surface area (Å²) in [6, 6.07) is 6.78. The van der Waals surface area contributed by atoms with Crippen molar-refractivity contribution in [3.8, 4) is 0 Å². The Hall–Kier alpha value is -1.96. The number of imidazole rings is 1. The van der Waals surface area contributed by atoms with Gasteiger partial charge >= 0.3 is 0 Å². The van der Waals surface area contributed by atoms with E-state index in [0.29, 0.717) is 5.69 Å². The molecule has 5 rings (SSSR count). The first kappa shape index (κ1) is 21.9. The predicted octanol–water partition coefficient (Wildman–Crippen LogP) is 2.56. The molecule has 0 aromatic carbocycles. The third-order valence-electron chi connectivity index (χ3n) is 7.81. The van der Waals surface area contributed by atoms with Crippen LogP contribution in [0.5, 0.6) is 0 Å². The smallest absolute Gasteiger partial charge is 0.274 e. The summed E-state index contributed by atoms with van der Waals surface area (Å²) in [5, 5.41) is 0. The van der Waals surface area contributed by atoms with E-state index in [1.807, 2.05) is 23.1 Å². The van der Waals surface area contributed by atoms with E-state index in [1.54, 1.807) is 0 Å². The van der Waals surface area contributed by atoms with Crippen LogP contribution in [0.1, 0.15) is 55.2 Å². The molecule has 7 nitrogen and oxygen atoms in total. The minimum Gasteiger partial charge on any atom is -0.335 e. The van der Waals surface area contributed by atoms with Crippen molar-refractivity contribution < 1.29 is 4.79 Å². The Morgan fingerprint density at radius 1 is 0.938 bits per heavy atom. The summed E-state index contributed by atoms with van der Waals surface area (Å²) < 4.78 is 2.12. The molecule has 0 unspecified atom stereocenters. The van der Waals surface area contributed by atoms with Gasteiger partial charge in [-0.05, 0) is 31.5 Å². The molecule has 174 valence electrons. The zero-order chi connectivity index (χ0) is 21.9. The van der Waals surface area contributed by atoms with Crippen molar-refractivity contribution in [1.29, 1.82) is 0 Å². The van der Waals surface area contributed by atoms with Gasteiger partial charge in [0.1, 0.15) is 5.65 Å². The molecule has 1 amide bonds. The Bertz CT molecular complexity index is 904. The van der Waals surface area contributed by atoms with Crippen LogP contribution in [-0.2, 0) is 6.54 Å². The van der Waals surface area contributed by atoms with Crippen molar-refractivity contribution in [3.63, 3.8) is 0 Å². The van der Waals surface area contributed by atoms with Crippen LogP contribution in [-0.4, -0.2) is 99.8 Å². The molecule has 0 radical (unpaired) electrons. The van der Waals surface area contributed by atoms with Crippen LogP contribution >= 0.6 is 0 Å². The Morgan fingerprint density at radius 3 is 2.38 bits per heavy atom. The van der Waals surface area contributed by atoms with Gasteiger partial charge in [-0.25, -0.2) is 4.98 Å². The van der Waals surface area contributed by atoms with E-state index in [0.717, 1.165) is 82.8 Å². The molecular weight excluding hydrogens is 400 g/mol. The molecule has 0 bridgehead atoms. The Morgan fingerprint density at radius 2 is 1.66 bits per heavy atom. The first-order chi connectivity index (χ1) is 15.7. The van der Waals surface area contributed by atoms with E-state index in [2.05, 4.69) is 32.2 Å². The van der Waals surface area contributed by atoms with Crippen LogP contribution in [0.3, 0.4) is 0 Å². The second-order valence-corrected chi connectivity index (χ2v) is 9.67. The lowest BCUT2D eigenvalue weighted by Gasteiger charge is -2.40. The molecule has 3 aliphatic rings. The summed E-state index contributed by atoms with van der Waals surface area (Å²) in [5.74, 6) is 0.110. The molecule has 7 heteroatoms. The van der Waals surface area contributed by atoms with Crippen molar-refractivity contribution in [2.24, 2.45) is 0 Å². The second-order valence-electron chi connectivity index (χ2n) is 9.67. The Kier molecular flexibility index (Phi) is 6.76. The SMILES string of the molecule is CCN1CCN(Cc2c(C(=O)N3CCN(C4CCCCC4)CC3)nc3ccccn23)CC1. The largest absolute Gasteiger partial charge is 0.335 e. The van der Waals surface area contributed by atoms with Crippen molar-refractivity contribution in [2.75, 3.05) is 58.9 Å². The molecule has 1 saturated carbocycles. The van der Waals surface area contributed by atoms with Crippen LogP contribution in [0, 0.1) is 0 Å². The highest BCUT2D eigenvalue weighted by Gasteiger charge is 2.30. The Balaban J connectivity index is 1.30. The van der Waals surface area contributed by atoms with Gasteiger partial charge in [-0.1, -0.05) is 32.3 Å². The minimum atomic E-state index is 0.110. The van der Waals surface area contributed by atoms with Crippen LogP contribution in [0.25, 0.3) is 5.65 Å². The molecule has 0 spiro atoms. The molecule has 2 aromatic heterocycles. The summed E-state index contributed by atoms with van der Waals surface area (Å²) in [6.07, 6.45) is 8.82. The fourth-order valence-corrected chi connectivity index (χ4v) is 5.73. The number of hydrogen-bond acceptors (Lipinski definition) is 5. The highest BCUT2D eigenvalue weighted by molar-refractivity contribution is 5.94. The van der Waals surface area contributed by atoms with Crippen LogP contribution in [0.4, 0.5) is 0 Å². The molecule has 4 heterocycles. The average Bonchev–Trinajstić information content (AvgIpc) is 3.23. The van der Waals surface area contributed by atoms with E-state index in [-0.39, 0.29) is 5.91 Å². The summed E-state index contributed by atoms with van der Waals surface area (Å²) in [5.41, 5.74) is 2.57. The van der Waals surface area contributed by atoms with Crippen molar-refractivity contribution >= 4 is 11.6 Å². The van der Waals surface area contributed by atoms with Gasteiger partial charge in [0.25, 0.3) is 5.91 Å². The maximum absolute atomic E-state index is 13.6. The number of piperazine rings is 2. The maximum atomic E-state index is 13.6. The van der Waals surface area contributed by atoms with Gasteiger partial charge in [0.05, 0.1) is 5.69 Å². The van der Waals surface area contributed by atoms with Gasteiger partial charge in [-0.15, -0.1) is 0 Å². The lowest BCUT2D eigenvalue weighted by molar-refractivity contribution is 0.0516. The number of aromatic nitrogens is 2. The number of fused-ring (bicyclic) bond motifs is 1. The van der Waals surface area contributed by atoms with Crippen molar-refractivity contribution in [3.05, 3.63) is 35.8 Å². The number of carbonyl (C=O) groups is 1. The fraction of sp³-hybridized carbons (Fsp3) is 0.680. The maximum Gasteiger partial charge on any atom is 0.274 e. The molecule has 3 fully saturated rings. The topological polar surface area (TPSA) is 47.3 Å². The standard InChI is InChI=1S/C25H38N6O/c1-2-27-12-14-28(15-13-27)20-22-24(26-23-10-6-7-11-31(22)23)25(32)30-18-16-29(17-19-30)21-8-4-3-5-9-21/h6-7,10-11,21H,2-5,8-9,12-20H2,1H3. The highest BCUT2D eigenvalue weighted by atomic mass is 16.2. The normalized spacial score (nSPS) is 22.6. The average molecular weight is 439 g/mol. The molecule has 32 heavy (non-hydrogen) atoms. The number of rotatable bonds is 5. The third kappa shape index (κ3) is 4.56. The molecule has 2 aliphatic heterocycles. The second kappa shape index (κ2) is 9.89. The zero-order valence-corrected chi connectivity index (χ0v) is 19.6. The van der Waals surface area contributed by atoms with Gasteiger partial charge in [-0.2, -0.15) is 0 Å². The molecule has 0 N–H and O–H groups in total. The van der Waals surface area contributed by atoms with E-state index in [4.69, 9.17) is 4.98 Å². The fourth-order valence-electron chi connectivity index (χ4n) is 5.73. The number of amides is 1. The number of nitrogens with zero attached hydrogens (tertiary/aromatic N) is 6. The minimum absolute atomic E-state index is 0.110. The van der Waals surface area contributed by atoms with E-state index in [1.165, 1.54) is 32.1 Å². The van der Waals surface area contributed by atoms with E-state index >= 15 is 0 Å². The summed E-state index contributed by atoms with van der Waals surface area (Å²) in [6.45, 7) is 12.0. The van der Waals surface area contributed by atoms with Crippen LogP contribution in [0.2, 0.25) is 0 Å². The lowest BCUT2D eigenvalue weighted by Crippen LogP contribution is -2.52. The monoisotopic (exact) mass is 438 g/mol. The highest BCUT2D eigenvalue weighted by Crippen LogP contribution is 2.24. The summed E-state index contributed by atoms with van der Waals surface area (Å²) >= 11 is 0. The number of pyridine rings is 1. The first-order valence-corrected chi connectivity index (χ1v) is 12.7. The van der Waals surface area contributed by atoms with Crippen molar-refractivity contribution in [1.82, 2.24) is 29.0 Å². The van der Waals surface area contributed by atoms with Gasteiger partial charge < -0.3 is 14.2 Å². The van der Waals surface area contributed by atoms with E-state index < -0.39 is 0 Å². The van der Waals surface area contributed by atoms with E-state index in [9.17, 15) is 4.79 Å². The Labute approximate surface area is 192 Å². The first-order valence-electron chi connectivity index (χ1n) is 12.7. The predicted molar refractivity (Wildman–Crippen MR) is 127 cm³/mol. The third-order valence-corrected chi connectivity index (χ3v) is 7.81. The molecule has 2 aromatic rings. The lowest BCUT2D eigenvalue weighted by atomic mass is 9.94. The number of carbonyl (C=O) groups excluding carboxylic acids is 1. The van der Waals surface area contributed by atoms with Crippen LogP contribution < -0.4 is 0 Å². The van der Waals surface area contributed by atoms with Gasteiger partial charge in [0, 0.05) is 71.1 Å². The zero-order valence-electron chi connectivity index (χ0n) is 19.6.